The largest absolute Gasteiger partial charge is 0.384 e. The number of aryl methyl sites for hydroxylation is 1. The molecule has 0 spiro atoms. The third-order valence-corrected chi connectivity index (χ3v) is 2.68. The Balaban J connectivity index is 2.53. The summed E-state index contributed by atoms with van der Waals surface area (Å²) in [5, 5.41) is 4.34. The van der Waals surface area contributed by atoms with Crippen LogP contribution in [0.25, 0.3) is 0 Å². The van der Waals surface area contributed by atoms with E-state index in [9.17, 15) is 0 Å². The van der Waals surface area contributed by atoms with Gasteiger partial charge in [0.2, 0.25) is 0 Å². The maximum Gasteiger partial charge on any atom is 0.126 e. The first-order chi connectivity index (χ1) is 5.61. The molecule has 1 aromatic rings. The Kier molecular flexibility index (Phi) is 1.41. The Morgan fingerprint density at radius 2 is 2.17 bits per heavy atom. The van der Waals surface area contributed by atoms with Crippen molar-refractivity contribution in [3.8, 4) is 0 Å². The molecule has 1 atom stereocenters. The molecule has 2 heterocycles. The molecular formula is C8H14N4. The van der Waals surface area contributed by atoms with Gasteiger partial charge in [-0.1, -0.05) is 0 Å². The van der Waals surface area contributed by atoms with Crippen molar-refractivity contribution in [2.24, 2.45) is 7.05 Å². The number of hydrogen-bond acceptors (Lipinski definition) is 3. The Hall–Kier alpha value is -1.03. The van der Waals surface area contributed by atoms with Crippen molar-refractivity contribution in [3.63, 3.8) is 0 Å². The highest BCUT2D eigenvalue weighted by atomic mass is 15.3. The summed E-state index contributed by atoms with van der Waals surface area (Å²) in [5.41, 5.74) is 8.22. The summed E-state index contributed by atoms with van der Waals surface area (Å²) in [6, 6.07) is 0.411. The first kappa shape index (κ1) is 7.61. The van der Waals surface area contributed by atoms with Gasteiger partial charge in [0.1, 0.15) is 5.82 Å². The Bertz CT molecular complexity index is 315. The van der Waals surface area contributed by atoms with Gasteiger partial charge in [-0.2, -0.15) is 5.10 Å². The standard InChI is InChI=1S/C8H14N4/c1-5-7-6(4-11(5)2)10-12(3)8(7)9/h5H,4,9H2,1-3H3. The second-order valence-electron chi connectivity index (χ2n) is 3.46. The monoisotopic (exact) mass is 166 g/mol. The third-order valence-electron chi connectivity index (χ3n) is 2.68. The number of fused-ring (bicyclic) bond motifs is 1. The Morgan fingerprint density at radius 3 is 2.75 bits per heavy atom. The molecule has 2 rings (SSSR count). The molecule has 0 aliphatic carbocycles. The summed E-state index contributed by atoms with van der Waals surface area (Å²) in [5.74, 6) is 0.807. The van der Waals surface area contributed by atoms with Crippen LogP contribution in [0.1, 0.15) is 24.2 Å². The number of nitrogen functional groups attached to an aromatic ring is 1. The summed E-state index contributed by atoms with van der Waals surface area (Å²) < 4.78 is 1.76. The van der Waals surface area contributed by atoms with Gasteiger partial charge < -0.3 is 5.73 Å². The van der Waals surface area contributed by atoms with Gasteiger partial charge in [-0.3, -0.25) is 9.58 Å². The minimum absolute atomic E-state index is 0.411. The highest BCUT2D eigenvalue weighted by Crippen LogP contribution is 2.34. The second kappa shape index (κ2) is 2.23. The van der Waals surface area contributed by atoms with Crippen LogP contribution in [0.5, 0.6) is 0 Å². The van der Waals surface area contributed by atoms with Crippen molar-refractivity contribution in [1.82, 2.24) is 14.7 Å². The van der Waals surface area contributed by atoms with E-state index in [4.69, 9.17) is 5.73 Å². The van der Waals surface area contributed by atoms with E-state index in [1.807, 2.05) is 7.05 Å². The van der Waals surface area contributed by atoms with Crippen molar-refractivity contribution in [2.45, 2.75) is 19.5 Å². The summed E-state index contributed by atoms with van der Waals surface area (Å²) in [6.07, 6.45) is 0. The van der Waals surface area contributed by atoms with E-state index in [-0.39, 0.29) is 0 Å². The molecule has 4 heteroatoms. The third kappa shape index (κ3) is 0.783. The topological polar surface area (TPSA) is 47.1 Å². The van der Waals surface area contributed by atoms with Crippen molar-refractivity contribution >= 4 is 5.82 Å². The summed E-state index contributed by atoms with van der Waals surface area (Å²) >= 11 is 0. The van der Waals surface area contributed by atoms with Crippen molar-refractivity contribution in [1.29, 1.82) is 0 Å². The van der Waals surface area contributed by atoms with Crippen LogP contribution in [0.4, 0.5) is 5.82 Å². The zero-order valence-corrected chi connectivity index (χ0v) is 7.70. The summed E-state index contributed by atoms with van der Waals surface area (Å²) in [6.45, 7) is 3.07. The molecule has 0 fully saturated rings. The van der Waals surface area contributed by atoms with Crippen molar-refractivity contribution in [3.05, 3.63) is 11.3 Å². The molecule has 66 valence electrons. The van der Waals surface area contributed by atoms with E-state index >= 15 is 0 Å². The smallest absolute Gasteiger partial charge is 0.126 e. The van der Waals surface area contributed by atoms with E-state index in [2.05, 4.69) is 24.0 Å². The maximum absolute atomic E-state index is 5.88. The van der Waals surface area contributed by atoms with Crippen LogP contribution in [-0.4, -0.2) is 21.7 Å². The number of nitrogens with two attached hydrogens (primary N) is 1. The molecule has 0 bridgehead atoms. The van der Waals surface area contributed by atoms with E-state index in [1.54, 1.807) is 4.68 Å². The number of nitrogens with zero attached hydrogens (tertiary/aromatic N) is 3. The van der Waals surface area contributed by atoms with E-state index in [0.29, 0.717) is 6.04 Å². The Morgan fingerprint density at radius 1 is 1.50 bits per heavy atom. The van der Waals surface area contributed by atoms with Gasteiger partial charge in [-0.05, 0) is 14.0 Å². The molecular weight excluding hydrogens is 152 g/mol. The molecule has 0 aromatic carbocycles. The van der Waals surface area contributed by atoms with E-state index in [1.165, 1.54) is 5.56 Å². The molecule has 12 heavy (non-hydrogen) atoms. The minimum atomic E-state index is 0.411. The van der Waals surface area contributed by atoms with Crippen LogP contribution < -0.4 is 5.73 Å². The molecule has 0 saturated heterocycles. The van der Waals surface area contributed by atoms with Gasteiger partial charge in [0.05, 0.1) is 5.69 Å². The number of anilines is 1. The molecule has 0 saturated carbocycles. The van der Waals surface area contributed by atoms with Gasteiger partial charge in [0.25, 0.3) is 0 Å². The lowest BCUT2D eigenvalue weighted by molar-refractivity contribution is 0.282. The number of rotatable bonds is 0. The lowest BCUT2D eigenvalue weighted by Crippen LogP contribution is -2.15. The van der Waals surface area contributed by atoms with Crippen LogP contribution in [0, 0.1) is 0 Å². The highest BCUT2D eigenvalue weighted by Gasteiger charge is 2.29. The lowest BCUT2D eigenvalue weighted by Gasteiger charge is -2.15. The van der Waals surface area contributed by atoms with Gasteiger partial charge in [0, 0.05) is 25.2 Å². The fraction of sp³-hybridized carbons (Fsp3) is 0.625. The van der Waals surface area contributed by atoms with Gasteiger partial charge in [-0.25, -0.2) is 0 Å². The zero-order chi connectivity index (χ0) is 8.88. The molecule has 1 unspecified atom stereocenters. The number of hydrogen-bond donors (Lipinski definition) is 1. The summed E-state index contributed by atoms with van der Waals surface area (Å²) in [7, 11) is 3.98. The molecule has 0 amide bonds. The van der Waals surface area contributed by atoms with Crippen LogP contribution in [0.15, 0.2) is 0 Å². The molecule has 1 aliphatic rings. The van der Waals surface area contributed by atoms with Crippen molar-refractivity contribution in [2.75, 3.05) is 12.8 Å². The quantitative estimate of drug-likeness (QED) is 0.611. The first-order valence-corrected chi connectivity index (χ1v) is 4.12. The van der Waals surface area contributed by atoms with Crippen LogP contribution in [-0.2, 0) is 13.6 Å². The van der Waals surface area contributed by atoms with Crippen LogP contribution >= 0.6 is 0 Å². The predicted octanol–water partition coefficient (Wildman–Crippen LogP) is 0.509. The average molecular weight is 166 g/mol. The van der Waals surface area contributed by atoms with Crippen LogP contribution in [0.3, 0.4) is 0 Å². The molecule has 1 aliphatic heterocycles. The van der Waals surface area contributed by atoms with Gasteiger partial charge in [0.15, 0.2) is 0 Å². The normalized spacial score (nSPS) is 23.1. The minimum Gasteiger partial charge on any atom is -0.384 e. The maximum atomic E-state index is 5.88. The highest BCUT2D eigenvalue weighted by molar-refractivity contribution is 5.47. The SMILES string of the molecule is CC1c2c(nn(C)c2N)CN1C. The average Bonchev–Trinajstić information content (AvgIpc) is 2.40. The Labute approximate surface area is 72.0 Å². The van der Waals surface area contributed by atoms with Gasteiger partial charge >= 0.3 is 0 Å². The zero-order valence-electron chi connectivity index (χ0n) is 7.70. The predicted molar refractivity (Wildman–Crippen MR) is 47.5 cm³/mol. The second-order valence-corrected chi connectivity index (χ2v) is 3.46. The van der Waals surface area contributed by atoms with Crippen LogP contribution in [0.2, 0.25) is 0 Å². The lowest BCUT2D eigenvalue weighted by atomic mass is 10.1. The fourth-order valence-corrected chi connectivity index (χ4v) is 1.78. The molecule has 4 nitrogen and oxygen atoms in total. The van der Waals surface area contributed by atoms with E-state index < -0.39 is 0 Å². The number of aromatic nitrogens is 2. The van der Waals surface area contributed by atoms with E-state index in [0.717, 1.165) is 18.1 Å². The molecule has 2 N–H and O–H groups in total. The summed E-state index contributed by atoms with van der Waals surface area (Å²) in [4.78, 5) is 2.24. The first-order valence-electron chi connectivity index (χ1n) is 4.12. The molecule has 0 radical (unpaired) electrons. The molecule has 1 aromatic heterocycles. The van der Waals surface area contributed by atoms with Gasteiger partial charge in [-0.15, -0.1) is 0 Å². The van der Waals surface area contributed by atoms with Crippen molar-refractivity contribution < 1.29 is 0 Å². The fourth-order valence-electron chi connectivity index (χ4n) is 1.78.